The Morgan fingerprint density at radius 2 is 1.11 bits per heavy atom. The van der Waals surface area contributed by atoms with Crippen LogP contribution in [0, 0.1) is 4.35 Å². The third-order valence-electron chi connectivity index (χ3n) is 10.2. The molecule has 0 spiro atoms. The molecule has 0 saturated carbocycles. The summed E-state index contributed by atoms with van der Waals surface area (Å²) in [6, 6.07) is 34.7. The van der Waals surface area contributed by atoms with Crippen LogP contribution in [0.1, 0.15) is 48.4 Å². The van der Waals surface area contributed by atoms with Gasteiger partial charge in [-0.15, -0.1) is 22.7 Å². The molecule has 0 amide bonds. The zero-order valence-electron chi connectivity index (χ0n) is 32.4. The number of nitrogens with zero attached hydrogens (tertiary/aromatic N) is 2. The average Bonchev–Trinajstić information content (AvgIpc) is 4.05. The van der Waals surface area contributed by atoms with Crippen molar-refractivity contribution < 1.29 is 18.9 Å². The minimum atomic E-state index is 0. The molecular formula is C46H45AlBN3O4S2. The van der Waals surface area contributed by atoms with Gasteiger partial charge in [0.05, 0.1) is 20.8 Å². The summed E-state index contributed by atoms with van der Waals surface area (Å²) in [7, 11) is 0. The fourth-order valence-corrected chi connectivity index (χ4v) is 9.64. The zero-order chi connectivity index (χ0) is 39.0. The number of nitrogens with one attached hydrogen (secondary N) is 1. The van der Waals surface area contributed by atoms with Gasteiger partial charge in [0.15, 0.2) is 23.0 Å². The molecular weight excluding hydrogens is 760 g/mol. The van der Waals surface area contributed by atoms with E-state index in [2.05, 4.69) is 139 Å². The molecule has 11 heteroatoms. The van der Waals surface area contributed by atoms with Gasteiger partial charge in [0.25, 0.3) is 0 Å². The molecule has 286 valence electrons. The monoisotopic (exact) mass is 805 g/mol. The van der Waals surface area contributed by atoms with Crippen molar-refractivity contribution in [1.29, 1.82) is 4.35 Å². The summed E-state index contributed by atoms with van der Waals surface area (Å²) in [4.78, 5) is 2.39. The van der Waals surface area contributed by atoms with Crippen LogP contribution in [-0.4, -0.2) is 60.1 Å². The molecule has 0 bridgehead atoms. The first-order valence-electron chi connectivity index (χ1n) is 18.8. The van der Waals surface area contributed by atoms with Gasteiger partial charge in [-0.05, 0) is 56.0 Å². The van der Waals surface area contributed by atoms with E-state index in [1.165, 1.54) is 48.5 Å². The number of fused-ring (bicyclic) bond motifs is 8. The van der Waals surface area contributed by atoms with Gasteiger partial charge in [-0.3, -0.25) is 0 Å². The van der Waals surface area contributed by atoms with Crippen LogP contribution >= 0.6 is 22.7 Å². The van der Waals surface area contributed by atoms with Gasteiger partial charge in [-0.25, -0.2) is 0 Å². The minimum absolute atomic E-state index is 0. The van der Waals surface area contributed by atoms with E-state index >= 15 is 0 Å². The first-order chi connectivity index (χ1) is 27.6. The number of thiophene rings is 2. The van der Waals surface area contributed by atoms with E-state index < -0.39 is 0 Å². The first kappa shape index (κ1) is 41.6. The van der Waals surface area contributed by atoms with Gasteiger partial charge in [0, 0.05) is 64.0 Å². The second-order valence-electron chi connectivity index (χ2n) is 13.4. The molecule has 0 saturated heterocycles. The van der Waals surface area contributed by atoms with Crippen LogP contribution < -0.4 is 18.9 Å². The molecule has 2 aliphatic rings. The number of para-hydroxylation sites is 4. The van der Waals surface area contributed by atoms with Crippen molar-refractivity contribution in [1.82, 2.24) is 9.13 Å². The molecule has 1 N–H and O–H groups in total. The molecule has 6 heterocycles. The van der Waals surface area contributed by atoms with Gasteiger partial charge >= 0.3 is 20.4 Å². The Balaban J connectivity index is 0.000000158. The zero-order valence-corrected chi connectivity index (χ0v) is 35.1. The normalized spacial score (nSPS) is 13.5. The quantitative estimate of drug-likeness (QED) is 0.163. The molecule has 8 aromatic rings. The molecule has 7 nitrogen and oxygen atoms in total. The number of aromatic nitrogens is 2. The van der Waals surface area contributed by atoms with Crippen LogP contribution in [0.5, 0.6) is 23.0 Å². The van der Waals surface area contributed by atoms with Crippen LogP contribution in [0.2, 0.25) is 0 Å². The van der Waals surface area contributed by atoms with Crippen LogP contribution in [0.4, 0.5) is 0 Å². The van der Waals surface area contributed by atoms with Gasteiger partial charge in [0.1, 0.15) is 26.4 Å². The van der Waals surface area contributed by atoms with Gasteiger partial charge in [-0.1, -0.05) is 92.9 Å². The molecule has 0 fully saturated rings. The summed E-state index contributed by atoms with van der Waals surface area (Å²) in [5.41, 5.74) is 5.07. The van der Waals surface area contributed by atoms with E-state index in [1.54, 1.807) is 44.8 Å². The molecule has 0 aliphatic carbocycles. The van der Waals surface area contributed by atoms with Gasteiger partial charge in [0.2, 0.25) is 0 Å². The second-order valence-corrected chi connectivity index (χ2v) is 15.2. The Hall–Kier alpha value is -5.04. The van der Waals surface area contributed by atoms with Crippen molar-refractivity contribution in [2.45, 2.75) is 38.6 Å². The van der Waals surface area contributed by atoms with Crippen molar-refractivity contribution in [2.75, 3.05) is 26.4 Å². The summed E-state index contributed by atoms with van der Waals surface area (Å²) in [5, 5.41) is 9.30. The summed E-state index contributed by atoms with van der Waals surface area (Å²) in [6.45, 7) is 14.8. The van der Waals surface area contributed by atoms with E-state index in [0.717, 1.165) is 40.7 Å². The number of hydrogen-bond acceptors (Lipinski definition) is 7. The average molecular weight is 806 g/mol. The summed E-state index contributed by atoms with van der Waals surface area (Å²) >= 11 is 5.05. The first-order valence-corrected chi connectivity index (χ1v) is 21.2. The van der Waals surface area contributed by atoms with Crippen molar-refractivity contribution in [3.8, 4) is 23.0 Å². The predicted octanol–water partition coefficient (Wildman–Crippen LogP) is 12.4. The molecule has 2 aliphatic heterocycles. The molecule has 57 heavy (non-hydrogen) atoms. The molecule has 4 aromatic carbocycles. The van der Waals surface area contributed by atoms with E-state index in [4.69, 9.17) is 23.3 Å². The molecule has 2 unspecified atom stereocenters. The maximum atomic E-state index is 5.97. The summed E-state index contributed by atoms with van der Waals surface area (Å²) in [6.07, 6.45) is 5.83. The third-order valence-corrected chi connectivity index (χ3v) is 12.2. The van der Waals surface area contributed by atoms with Crippen molar-refractivity contribution in [2.24, 2.45) is 0 Å². The number of rotatable bonds is 7. The van der Waals surface area contributed by atoms with E-state index in [1.807, 2.05) is 11.6 Å². The van der Waals surface area contributed by atoms with Crippen LogP contribution in [0.3, 0.4) is 0 Å². The molecule has 2 atom stereocenters. The molecule has 4 radical (unpaired) electrons. The Morgan fingerprint density at radius 1 is 0.667 bits per heavy atom. The standard InChI is InChI=1S/C24H25NO2S.C14H11N.C8H8O2S.Al.B.HN/c1-3-17(24-23-22(15-28-24)26-12-13-27-23)14-16(2)25-20-10-6-4-8-18(20)19-9-5-7-11-21(19)25;1-2-15-13-9-5-3-7-11(13)12-8-4-6-10-14(12)15;1-2-7-8-6(5-11-7)9-3-4-10-8;;;/h4-11,15-17H,3,12-14H2,1-2H3;2-10H,1H2;2,5H,1,3-4H2;;;1H. The summed E-state index contributed by atoms with van der Waals surface area (Å²) < 4.78 is 32.8. The van der Waals surface area contributed by atoms with E-state index in [9.17, 15) is 0 Å². The summed E-state index contributed by atoms with van der Waals surface area (Å²) in [5.74, 6) is 4.09. The Bertz CT molecular complexity index is 2500. The van der Waals surface area contributed by atoms with Gasteiger partial charge in [-0.2, -0.15) is 0 Å². The second kappa shape index (κ2) is 19.4. The van der Waals surface area contributed by atoms with Crippen molar-refractivity contribution >= 4 is 103 Å². The molecule has 4 aromatic heterocycles. The molecule has 10 rings (SSSR count). The topological polar surface area (TPSA) is 70.6 Å². The van der Waals surface area contributed by atoms with Gasteiger partial charge < -0.3 is 28.1 Å². The predicted molar refractivity (Wildman–Crippen MR) is 243 cm³/mol. The number of ether oxygens (including phenoxy) is 4. The van der Waals surface area contributed by atoms with Crippen LogP contribution in [-0.2, 0) is 0 Å². The Kier molecular flexibility index (Phi) is 14.2. The third kappa shape index (κ3) is 8.35. The van der Waals surface area contributed by atoms with Crippen LogP contribution in [0.15, 0.2) is 121 Å². The Labute approximate surface area is 352 Å². The van der Waals surface area contributed by atoms with Crippen molar-refractivity contribution in [3.05, 3.63) is 131 Å². The fourth-order valence-electron chi connectivity index (χ4n) is 7.74. The number of hydrogen-bond donors (Lipinski definition) is 1. The fraction of sp³-hybridized carbons (Fsp3) is 0.217. The number of benzene rings is 4. The van der Waals surface area contributed by atoms with Crippen LogP contribution in [0.25, 0.3) is 55.9 Å². The maximum absolute atomic E-state index is 5.97. The van der Waals surface area contributed by atoms with E-state index in [0.29, 0.717) is 38.4 Å². The van der Waals surface area contributed by atoms with E-state index in [-0.39, 0.29) is 8.41 Å². The Morgan fingerprint density at radius 3 is 1.61 bits per heavy atom. The SMILES string of the molecule is C=Cc1scc2c1OCCO2.C=Cn1c2ccccc2c2ccccc21.CCC(CC(C)n1c2ccccc2c2ccccc21)c1scc2c1OCCO2.[B].[NH]=[Al]. The van der Waals surface area contributed by atoms with Crippen molar-refractivity contribution in [3.63, 3.8) is 0 Å².